The van der Waals surface area contributed by atoms with Crippen molar-refractivity contribution in [2.24, 2.45) is 5.73 Å². The van der Waals surface area contributed by atoms with Gasteiger partial charge >= 0.3 is 5.97 Å². The third-order valence-corrected chi connectivity index (χ3v) is 1.92. The predicted octanol–water partition coefficient (Wildman–Crippen LogP) is -0.275. The minimum atomic E-state index is -1.09. The summed E-state index contributed by atoms with van der Waals surface area (Å²) in [7, 11) is 0. The Hall–Kier alpha value is -1.99. The number of carboxylic acid groups (broad SMARTS) is 1. The first-order chi connectivity index (χ1) is 7.00. The third-order valence-electron chi connectivity index (χ3n) is 1.92. The van der Waals surface area contributed by atoms with Gasteiger partial charge in [-0.15, -0.1) is 0 Å². The highest BCUT2D eigenvalue weighted by Gasteiger charge is 2.12. The van der Waals surface area contributed by atoms with Crippen molar-refractivity contribution < 1.29 is 20.3 Å². The maximum absolute atomic E-state index is 10.4. The second-order valence-electron chi connectivity index (χ2n) is 3.07. The minimum Gasteiger partial charge on any atom is -0.480 e. The van der Waals surface area contributed by atoms with Crippen molar-refractivity contribution in [2.75, 3.05) is 0 Å². The average molecular weight is 228 g/mol. The molecule has 0 saturated carbocycles. The molecule has 0 unspecified atom stereocenters. The first-order valence-electron chi connectivity index (χ1n) is 4.22. The van der Waals surface area contributed by atoms with E-state index in [0.29, 0.717) is 5.56 Å². The van der Waals surface area contributed by atoms with E-state index in [1.165, 1.54) is 24.3 Å². The Morgan fingerprint density at radius 1 is 1.44 bits per heavy atom. The maximum atomic E-state index is 10.4. The van der Waals surface area contributed by atoms with E-state index in [-0.39, 0.29) is 17.6 Å². The van der Waals surface area contributed by atoms with Gasteiger partial charge in [0.25, 0.3) is 5.69 Å². The van der Waals surface area contributed by atoms with Crippen molar-refractivity contribution in [3.63, 3.8) is 0 Å². The Morgan fingerprint density at radius 2 is 1.94 bits per heavy atom. The summed E-state index contributed by atoms with van der Waals surface area (Å²) in [4.78, 5) is 20.3. The number of nitrogens with zero attached hydrogens (tertiary/aromatic N) is 1. The first-order valence-corrected chi connectivity index (χ1v) is 4.22. The number of nitrogens with two attached hydrogens (primary N) is 1. The molecule has 0 aromatic heterocycles. The molecule has 0 amide bonds. The van der Waals surface area contributed by atoms with Crippen LogP contribution in [-0.2, 0) is 11.2 Å². The smallest absolute Gasteiger partial charge is 0.320 e. The SMILES string of the molecule is N[C@H](Cc1ccc([N+](=O)[O-])cc1)C(=O)O.O. The Labute approximate surface area is 91.0 Å². The summed E-state index contributed by atoms with van der Waals surface area (Å²) in [6, 6.07) is 4.67. The predicted molar refractivity (Wildman–Crippen MR) is 56.0 cm³/mol. The van der Waals surface area contributed by atoms with Crippen molar-refractivity contribution >= 4 is 11.7 Å². The molecular formula is C9H12N2O5. The second kappa shape index (κ2) is 5.79. The topological polar surface area (TPSA) is 138 Å². The number of nitro groups is 1. The fraction of sp³-hybridized carbons (Fsp3) is 0.222. The molecule has 0 saturated heterocycles. The molecule has 88 valence electrons. The number of non-ortho nitro benzene ring substituents is 1. The second-order valence-corrected chi connectivity index (χ2v) is 3.07. The summed E-state index contributed by atoms with van der Waals surface area (Å²) in [6.45, 7) is 0. The lowest BCUT2D eigenvalue weighted by Crippen LogP contribution is -2.32. The van der Waals surface area contributed by atoms with Crippen molar-refractivity contribution in [1.29, 1.82) is 0 Å². The molecule has 7 heteroatoms. The van der Waals surface area contributed by atoms with Gasteiger partial charge in [-0.25, -0.2) is 0 Å². The molecule has 1 rings (SSSR count). The fourth-order valence-corrected chi connectivity index (χ4v) is 1.09. The number of benzene rings is 1. The maximum Gasteiger partial charge on any atom is 0.320 e. The van der Waals surface area contributed by atoms with Crippen LogP contribution >= 0.6 is 0 Å². The van der Waals surface area contributed by atoms with Crippen molar-refractivity contribution in [1.82, 2.24) is 0 Å². The molecule has 16 heavy (non-hydrogen) atoms. The highest BCUT2D eigenvalue weighted by molar-refractivity contribution is 5.73. The molecule has 1 atom stereocenters. The molecule has 0 fully saturated rings. The number of aliphatic carboxylic acids is 1. The summed E-state index contributed by atoms with van der Waals surface area (Å²) >= 11 is 0. The molecule has 0 aliphatic rings. The van der Waals surface area contributed by atoms with Gasteiger partial charge < -0.3 is 16.3 Å². The molecular weight excluding hydrogens is 216 g/mol. The van der Waals surface area contributed by atoms with Gasteiger partial charge in [0.05, 0.1) is 4.92 Å². The van der Waals surface area contributed by atoms with E-state index in [4.69, 9.17) is 10.8 Å². The van der Waals surface area contributed by atoms with Gasteiger partial charge in [0.2, 0.25) is 0 Å². The van der Waals surface area contributed by atoms with Gasteiger partial charge in [-0.3, -0.25) is 14.9 Å². The molecule has 0 spiro atoms. The van der Waals surface area contributed by atoms with Gasteiger partial charge in [-0.05, 0) is 12.0 Å². The van der Waals surface area contributed by atoms with E-state index >= 15 is 0 Å². The van der Waals surface area contributed by atoms with E-state index in [1.807, 2.05) is 0 Å². The summed E-state index contributed by atoms with van der Waals surface area (Å²) in [5, 5.41) is 18.9. The molecule has 0 aliphatic carbocycles. The van der Waals surface area contributed by atoms with Crippen LogP contribution in [0.25, 0.3) is 0 Å². The number of hydrogen-bond acceptors (Lipinski definition) is 4. The van der Waals surface area contributed by atoms with Gasteiger partial charge in [-0.1, -0.05) is 12.1 Å². The molecule has 5 N–H and O–H groups in total. The molecule has 0 aliphatic heterocycles. The van der Waals surface area contributed by atoms with E-state index in [9.17, 15) is 14.9 Å². The van der Waals surface area contributed by atoms with Gasteiger partial charge in [-0.2, -0.15) is 0 Å². The quantitative estimate of drug-likeness (QED) is 0.539. The first kappa shape index (κ1) is 14.0. The monoisotopic (exact) mass is 228 g/mol. The molecule has 1 aromatic rings. The van der Waals surface area contributed by atoms with Gasteiger partial charge in [0.1, 0.15) is 6.04 Å². The van der Waals surface area contributed by atoms with E-state index in [0.717, 1.165) is 0 Å². The number of nitro benzene ring substituents is 1. The number of hydrogen-bond donors (Lipinski definition) is 2. The summed E-state index contributed by atoms with van der Waals surface area (Å²) < 4.78 is 0. The zero-order chi connectivity index (χ0) is 11.4. The largest absolute Gasteiger partial charge is 0.480 e. The standard InChI is InChI=1S/C9H10N2O4.H2O/c10-8(9(12)13)5-6-1-3-7(4-2-6)11(14)15;/h1-4,8H,5,10H2,(H,12,13);1H2/t8-;/m1./s1. The lowest BCUT2D eigenvalue weighted by molar-refractivity contribution is -0.384. The van der Waals surface area contributed by atoms with Gasteiger partial charge in [0, 0.05) is 12.1 Å². The van der Waals surface area contributed by atoms with Crippen LogP contribution in [0.3, 0.4) is 0 Å². The minimum absolute atomic E-state index is 0. The summed E-state index contributed by atoms with van der Waals surface area (Å²) in [5.74, 6) is -1.09. The van der Waals surface area contributed by atoms with Crippen LogP contribution < -0.4 is 5.73 Å². The fourth-order valence-electron chi connectivity index (χ4n) is 1.09. The van der Waals surface area contributed by atoms with Crippen molar-refractivity contribution in [3.8, 4) is 0 Å². The van der Waals surface area contributed by atoms with Crippen LogP contribution in [0.5, 0.6) is 0 Å². The number of carbonyl (C=O) groups is 1. The zero-order valence-corrected chi connectivity index (χ0v) is 8.29. The lowest BCUT2D eigenvalue weighted by Gasteiger charge is -2.05. The number of carboxylic acids is 1. The Bertz CT molecular complexity index is 376. The zero-order valence-electron chi connectivity index (χ0n) is 8.29. The van der Waals surface area contributed by atoms with Crippen molar-refractivity contribution in [2.45, 2.75) is 12.5 Å². The van der Waals surface area contributed by atoms with Crippen LogP contribution in [0, 0.1) is 10.1 Å². The Morgan fingerprint density at radius 3 is 2.31 bits per heavy atom. The summed E-state index contributed by atoms with van der Waals surface area (Å²) in [5.41, 5.74) is 5.95. The third kappa shape index (κ3) is 3.64. The Balaban J connectivity index is 0.00000225. The molecule has 0 radical (unpaired) electrons. The van der Waals surface area contributed by atoms with E-state index in [1.54, 1.807) is 0 Å². The average Bonchev–Trinajstić information content (AvgIpc) is 2.18. The van der Waals surface area contributed by atoms with Crippen molar-refractivity contribution in [3.05, 3.63) is 39.9 Å². The van der Waals surface area contributed by atoms with E-state index in [2.05, 4.69) is 0 Å². The molecule has 0 heterocycles. The van der Waals surface area contributed by atoms with Crippen LogP contribution in [-0.4, -0.2) is 27.5 Å². The lowest BCUT2D eigenvalue weighted by atomic mass is 10.1. The van der Waals surface area contributed by atoms with Crippen LogP contribution in [0.15, 0.2) is 24.3 Å². The van der Waals surface area contributed by atoms with Crippen LogP contribution in [0.4, 0.5) is 5.69 Å². The Kier molecular flexibility index (Phi) is 5.07. The van der Waals surface area contributed by atoms with Crippen LogP contribution in [0.1, 0.15) is 5.56 Å². The van der Waals surface area contributed by atoms with Gasteiger partial charge in [0.15, 0.2) is 0 Å². The normalized spacial score (nSPS) is 11.3. The molecule has 1 aromatic carbocycles. The summed E-state index contributed by atoms with van der Waals surface area (Å²) in [6.07, 6.45) is 0.160. The molecule has 0 bridgehead atoms. The highest BCUT2D eigenvalue weighted by Crippen LogP contribution is 2.12. The van der Waals surface area contributed by atoms with E-state index < -0.39 is 16.9 Å². The molecule has 7 nitrogen and oxygen atoms in total. The highest BCUT2D eigenvalue weighted by atomic mass is 16.6. The number of rotatable bonds is 4. The van der Waals surface area contributed by atoms with Crippen LogP contribution in [0.2, 0.25) is 0 Å².